The van der Waals surface area contributed by atoms with Crippen LogP contribution < -0.4 is 15.2 Å². The number of Topliss-reactive ketones (excluding diaryl/α,β-unsaturated/α-hetero) is 1. The van der Waals surface area contributed by atoms with Crippen molar-refractivity contribution < 1.29 is 14.3 Å². The molecule has 4 heteroatoms. The molecule has 1 aromatic carbocycles. The summed E-state index contributed by atoms with van der Waals surface area (Å²) in [5.74, 6) is 1.54. The molecule has 0 saturated heterocycles. The summed E-state index contributed by atoms with van der Waals surface area (Å²) in [6, 6.07) is 1.81. The molecule has 0 aromatic heterocycles. The van der Waals surface area contributed by atoms with Gasteiger partial charge in [0.05, 0.1) is 19.8 Å². The summed E-state index contributed by atoms with van der Waals surface area (Å²) in [6.07, 6.45) is 4.54. The number of ketones is 1. The number of hydrogen-bond donors (Lipinski definition) is 1. The Balaban J connectivity index is 2.56. The maximum absolute atomic E-state index is 12.2. The molecule has 0 atom stereocenters. The molecule has 0 spiro atoms. The SMILES string of the molecule is COc1cc(C(=O)CCN)c(OC)c2c1CCCC2. The van der Waals surface area contributed by atoms with Crippen LogP contribution in [0.3, 0.4) is 0 Å². The maximum Gasteiger partial charge on any atom is 0.168 e. The largest absolute Gasteiger partial charge is 0.496 e. The van der Waals surface area contributed by atoms with Crippen molar-refractivity contribution in [3.63, 3.8) is 0 Å². The van der Waals surface area contributed by atoms with Crippen LogP contribution in [0, 0.1) is 0 Å². The van der Waals surface area contributed by atoms with Gasteiger partial charge in [0.2, 0.25) is 0 Å². The summed E-state index contributed by atoms with van der Waals surface area (Å²) >= 11 is 0. The average Bonchev–Trinajstić information content (AvgIpc) is 2.45. The normalized spacial score (nSPS) is 13.8. The van der Waals surface area contributed by atoms with Gasteiger partial charge in [-0.15, -0.1) is 0 Å². The van der Waals surface area contributed by atoms with Crippen LogP contribution in [-0.2, 0) is 12.8 Å². The van der Waals surface area contributed by atoms with E-state index in [1.165, 1.54) is 5.56 Å². The van der Waals surface area contributed by atoms with Gasteiger partial charge in [-0.2, -0.15) is 0 Å². The molecule has 0 saturated carbocycles. The van der Waals surface area contributed by atoms with E-state index in [1.54, 1.807) is 20.3 Å². The number of benzene rings is 1. The Kier molecular flexibility index (Phi) is 4.43. The second kappa shape index (κ2) is 6.06. The highest BCUT2D eigenvalue weighted by Gasteiger charge is 2.24. The molecule has 4 nitrogen and oxygen atoms in total. The van der Waals surface area contributed by atoms with Crippen molar-refractivity contribution in [3.8, 4) is 11.5 Å². The van der Waals surface area contributed by atoms with E-state index < -0.39 is 0 Å². The molecular weight excluding hydrogens is 242 g/mol. The van der Waals surface area contributed by atoms with Crippen molar-refractivity contribution in [2.75, 3.05) is 20.8 Å². The molecule has 2 N–H and O–H groups in total. The molecule has 1 aliphatic rings. The summed E-state index contributed by atoms with van der Waals surface area (Å²) in [7, 11) is 3.27. The average molecular weight is 263 g/mol. The van der Waals surface area contributed by atoms with E-state index in [4.69, 9.17) is 15.2 Å². The third kappa shape index (κ3) is 2.59. The molecule has 0 radical (unpaired) electrons. The summed E-state index contributed by atoms with van der Waals surface area (Å²) in [5, 5.41) is 0. The van der Waals surface area contributed by atoms with Gasteiger partial charge in [0, 0.05) is 17.5 Å². The Morgan fingerprint density at radius 1 is 1.21 bits per heavy atom. The lowest BCUT2D eigenvalue weighted by molar-refractivity contribution is 0.0982. The number of carbonyl (C=O) groups is 1. The highest BCUT2D eigenvalue weighted by Crippen LogP contribution is 2.39. The van der Waals surface area contributed by atoms with E-state index in [9.17, 15) is 4.79 Å². The zero-order chi connectivity index (χ0) is 13.8. The molecule has 0 bridgehead atoms. The molecule has 0 unspecified atom stereocenters. The Morgan fingerprint density at radius 3 is 2.47 bits per heavy atom. The topological polar surface area (TPSA) is 61.5 Å². The molecule has 1 aliphatic carbocycles. The Hall–Kier alpha value is -1.55. The van der Waals surface area contributed by atoms with Crippen LogP contribution in [0.4, 0.5) is 0 Å². The monoisotopic (exact) mass is 263 g/mol. The maximum atomic E-state index is 12.2. The highest BCUT2D eigenvalue weighted by molar-refractivity contribution is 6.00. The summed E-state index contributed by atoms with van der Waals surface area (Å²) in [5.41, 5.74) is 8.40. The van der Waals surface area contributed by atoms with Gasteiger partial charge in [-0.3, -0.25) is 4.79 Å². The van der Waals surface area contributed by atoms with Gasteiger partial charge in [-0.1, -0.05) is 0 Å². The predicted octanol–water partition coefficient (Wildman–Crippen LogP) is 2.11. The van der Waals surface area contributed by atoms with Crippen molar-refractivity contribution in [1.29, 1.82) is 0 Å². The molecule has 0 amide bonds. The fraction of sp³-hybridized carbons (Fsp3) is 0.533. The summed E-state index contributed by atoms with van der Waals surface area (Å²) < 4.78 is 10.9. The molecule has 104 valence electrons. The van der Waals surface area contributed by atoms with Crippen LogP contribution in [0.15, 0.2) is 6.07 Å². The molecule has 0 heterocycles. The summed E-state index contributed by atoms with van der Waals surface area (Å²) in [4.78, 5) is 12.2. The third-order valence-corrected chi connectivity index (χ3v) is 3.66. The van der Waals surface area contributed by atoms with Gasteiger partial charge in [-0.05, 0) is 38.3 Å². The number of nitrogens with two attached hydrogens (primary N) is 1. The van der Waals surface area contributed by atoms with E-state index in [1.807, 2.05) is 0 Å². The summed E-state index contributed by atoms with van der Waals surface area (Å²) in [6.45, 7) is 0.349. The fourth-order valence-electron chi connectivity index (χ4n) is 2.76. The van der Waals surface area contributed by atoms with Crippen molar-refractivity contribution in [1.82, 2.24) is 0 Å². The zero-order valence-electron chi connectivity index (χ0n) is 11.6. The van der Waals surface area contributed by atoms with Gasteiger partial charge in [-0.25, -0.2) is 0 Å². The minimum atomic E-state index is 0.0195. The van der Waals surface area contributed by atoms with Crippen molar-refractivity contribution in [2.45, 2.75) is 32.1 Å². The van der Waals surface area contributed by atoms with Gasteiger partial charge < -0.3 is 15.2 Å². The fourth-order valence-corrected chi connectivity index (χ4v) is 2.76. The van der Waals surface area contributed by atoms with E-state index in [0.717, 1.165) is 37.0 Å². The molecule has 1 aromatic rings. The standard InChI is InChI=1S/C15H21NO3/c1-18-14-9-12(13(17)7-8-16)15(19-2)11-6-4-3-5-10(11)14/h9H,3-8,16H2,1-2H3. The minimum Gasteiger partial charge on any atom is -0.496 e. The minimum absolute atomic E-state index is 0.0195. The molecule has 0 aliphatic heterocycles. The first-order valence-corrected chi connectivity index (χ1v) is 6.73. The lowest BCUT2D eigenvalue weighted by Gasteiger charge is -2.23. The number of hydrogen-bond acceptors (Lipinski definition) is 4. The number of rotatable bonds is 5. The second-order valence-corrected chi connectivity index (χ2v) is 4.79. The quantitative estimate of drug-likeness (QED) is 0.826. The van der Waals surface area contributed by atoms with Gasteiger partial charge in [0.1, 0.15) is 11.5 Å². The van der Waals surface area contributed by atoms with Crippen molar-refractivity contribution in [2.24, 2.45) is 5.73 Å². The Labute approximate surface area is 113 Å². The predicted molar refractivity (Wildman–Crippen MR) is 74.2 cm³/mol. The van der Waals surface area contributed by atoms with Crippen LogP contribution >= 0.6 is 0 Å². The van der Waals surface area contributed by atoms with Gasteiger partial charge in [0.15, 0.2) is 5.78 Å². The number of methoxy groups -OCH3 is 2. The van der Waals surface area contributed by atoms with Crippen LogP contribution in [-0.4, -0.2) is 26.5 Å². The lowest BCUT2D eigenvalue weighted by Crippen LogP contribution is -2.14. The molecule has 19 heavy (non-hydrogen) atoms. The van der Waals surface area contributed by atoms with Crippen molar-refractivity contribution >= 4 is 5.78 Å². The number of carbonyl (C=O) groups excluding carboxylic acids is 1. The second-order valence-electron chi connectivity index (χ2n) is 4.79. The zero-order valence-corrected chi connectivity index (χ0v) is 11.6. The van der Waals surface area contributed by atoms with Crippen molar-refractivity contribution in [3.05, 3.63) is 22.8 Å². The molecule has 2 rings (SSSR count). The van der Waals surface area contributed by atoms with E-state index in [-0.39, 0.29) is 5.78 Å². The first kappa shape index (κ1) is 13.9. The van der Waals surface area contributed by atoms with E-state index in [2.05, 4.69) is 0 Å². The van der Waals surface area contributed by atoms with E-state index in [0.29, 0.717) is 24.3 Å². The van der Waals surface area contributed by atoms with Crippen LogP contribution in [0.2, 0.25) is 0 Å². The first-order valence-electron chi connectivity index (χ1n) is 6.73. The molecule has 0 fully saturated rings. The Morgan fingerprint density at radius 2 is 1.89 bits per heavy atom. The lowest BCUT2D eigenvalue weighted by atomic mass is 9.87. The van der Waals surface area contributed by atoms with Crippen LogP contribution in [0.25, 0.3) is 0 Å². The smallest absolute Gasteiger partial charge is 0.168 e. The Bertz CT molecular complexity index is 483. The van der Waals surface area contributed by atoms with E-state index >= 15 is 0 Å². The molecular formula is C15H21NO3. The third-order valence-electron chi connectivity index (χ3n) is 3.66. The number of ether oxygens (including phenoxy) is 2. The highest BCUT2D eigenvalue weighted by atomic mass is 16.5. The number of fused-ring (bicyclic) bond motifs is 1. The first-order chi connectivity index (χ1) is 9.22. The van der Waals surface area contributed by atoms with Crippen LogP contribution in [0.5, 0.6) is 11.5 Å². The van der Waals surface area contributed by atoms with Gasteiger partial charge >= 0.3 is 0 Å². The van der Waals surface area contributed by atoms with Crippen LogP contribution in [0.1, 0.15) is 40.7 Å². The van der Waals surface area contributed by atoms with Gasteiger partial charge in [0.25, 0.3) is 0 Å².